The summed E-state index contributed by atoms with van der Waals surface area (Å²) in [6.07, 6.45) is 4.60. The summed E-state index contributed by atoms with van der Waals surface area (Å²) in [6.45, 7) is 11.5. The lowest BCUT2D eigenvalue weighted by Crippen LogP contribution is -2.31. The molecule has 0 aliphatic rings. The summed E-state index contributed by atoms with van der Waals surface area (Å²) in [5, 5.41) is 11.1. The lowest BCUT2D eigenvalue weighted by atomic mass is 10.2. The van der Waals surface area contributed by atoms with Crippen molar-refractivity contribution in [1.82, 2.24) is 8.87 Å². The lowest BCUT2D eigenvalue weighted by molar-refractivity contribution is -0.384. The second kappa shape index (κ2) is 10.5. The fourth-order valence-electron chi connectivity index (χ4n) is 3.20. The zero-order valence-corrected chi connectivity index (χ0v) is 19.8. The summed E-state index contributed by atoms with van der Waals surface area (Å²) >= 11 is 1.14. The van der Waals surface area contributed by atoms with Crippen molar-refractivity contribution in [1.29, 1.82) is 0 Å². The second-order valence-electron chi connectivity index (χ2n) is 7.03. The third-order valence-corrected chi connectivity index (χ3v) is 7.68. The van der Waals surface area contributed by atoms with E-state index in [1.54, 1.807) is 16.7 Å². The van der Waals surface area contributed by atoms with Crippen LogP contribution < -0.4 is 4.80 Å². The van der Waals surface area contributed by atoms with E-state index in [1.165, 1.54) is 52.9 Å². The maximum absolute atomic E-state index is 12.8. The third kappa shape index (κ3) is 5.11. The van der Waals surface area contributed by atoms with E-state index >= 15 is 0 Å². The van der Waals surface area contributed by atoms with Crippen LogP contribution in [0.25, 0.3) is 10.2 Å². The normalized spacial score (nSPS) is 12.1. The Morgan fingerprint density at radius 1 is 1.09 bits per heavy atom. The van der Waals surface area contributed by atoms with Crippen molar-refractivity contribution in [3.05, 3.63) is 101 Å². The van der Waals surface area contributed by atoms with Gasteiger partial charge in [0.2, 0.25) is 10.0 Å². The van der Waals surface area contributed by atoms with Crippen molar-refractivity contribution in [2.24, 2.45) is 4.99 Å². The average molecular weight is 499 g/mol. The Balaban J connectivity index is 1.99. The summed E-state index contributed by atoms with van der Waals surface area (Å²) in [4.78, 5) is 28.0. The number of carbonyl (C=O) groups excluding carboxylic acids is 1. The number of benzene rings is 2. The zero-order chi connectivity index (χ0) is 24.9. The highest BCUT2D eigenvalue weighted by atomic mass is 32.2. The quantitative estimate of drug-likeness (QED) is 0.239. The number of hydrogen-bond acceptors (Lipinski definition) is 6. The van der Waals surface area contributed by atoms with Gasteiger partial charge in [0.15, 0.2) is 4.80 Å². The molecule has 3 aromatic rings. The Labute approximate surface area is 200 Å². The van der Waals surface area contributed by atoms with E-state index in [0.717, 1.165) is 11.3 Å². The Hall–Kier alpha value is -3.67. The molecule has 176 valence electrons. The number of allylic oxidation sites excluding steroid dienone is 1. The van der Waals surface area contributed by atoms with E-state index in [4.69, 9.17) is 0 Å². The summed E-state index contributed by atoms with van der Waals surface area (Å²) in [5.74, 6) is -0.572. The van der Waals surface area contributed by atoms with E-state index in [2.05, 4.69) is 24.7 Å². The summed E-state index contributed by atoms with van der Waals surface area (Å²) < 4.78 is 29.2. The van der Waals surface area contributed by atoms with Gasteiger partial charge in [-0.25, -0.2) is 8.42 Å². The number of nitro benzene ring substituents is 1. The molecule has 1 heterocycles. The van der Waals surface area contributed by atoms with Gasteiger partial charge in [-0.1, -0.05) is 29.6 Å². The number of aromatic nitrogens is 1. The minimum atomic E-state index is -3.79. The van der Waals surface area contributed by atoms with Crippen LogP contribution in [0.1, 0.15) is 10.4 Å². The number of fused-ring (bicyclic) bond motifs is 1. The first kappa shape index (κ1) is 25.0. The van der Waals surface area contributed by atoms with Gasteiger partial charge >= 0.3 is 0 Å². The van der Waals surface area contributed by atoms with Crippen molar-refractivity contribution in [2.75, 3.05) is 13.1 Å². The molecule has 1 aromatic heterocycles. The Bertz CT molecular complexity index is 1440. The van der Waals surface area contributed by atoms with Crippen molar-refractivity contribution < 1.29 is 18.1 Å². The number of rotatable bonds is 10. The summed E-state index contributed by atoms with van der Waals surface area (Å²) in [6, 6.07) is 9.92. The van der Waals surface area contributed by atoms with Gasteiger partial charge in [-0.2, -0.15) is 9.30 Å². The van der Waals surface area contributed by atoms with Gasteiger partial charge in [0.25, 0.3) is 11.6 Å². The average Bonchev–Trinajstić information content (AvgIpc) is 3.15. The number of carbonyl (C=O) groups is 1. The van der Waals surface area contributed by atoms with Gasteiger partial charge in [-0.05, 0) is 30.3 Å². The Kier molecular flexibility index (Phi) is 7.72. The molecule has 11 heteroatoms. The fraction of sp³-hybridized carbons (Fsp3) is 0.130. The number of amides is 1. The van der Waals surface area contributed by atoms with Gasteiger partial charge < -0.3 is 4.57 Å². The van der Waals surface area contributed by atoms with Gasteiger partial charge in [0.05, 0.1) is 20.0 Å². The van der Waals surface area contributed by atoms with Crippen LogP contribution in [-0.4, -0.2) is 41.2 Å². The van der Waals surface area contributed by atoms with E-state index in [9.17, 15) is 23.3 Å². The summed E-state index contributed by atoms with van der Waals surface area (Å²) in [7, 11) is -3.79. The lowest BCUT2D eigenvalue weighted by Gasteiger charge is -2.19. The predicted molar refractivity (Wildman–Crippen MR) is 132 cm³/mol. The molecule has 0 unspecified atom stereocenters. The SMILES string of the molecule is C=CCN(CC=C)S(=O)(=O)c1ccc(C(=O)N=c2sc3cc([N+](=O)[O-])ccc3n2CC=C)cc1. The van der Waals surface area contributed by atoms with Crippen molar-refractivity contribution in [2.45, 2.75) is 11.4 Å². The molecule has 2 aromatic carbocycles. The Morgan fingerprint density at radius 3 is 2.29 bits per heavy atom. The standard InChI is InChI=1S/C23H22N4O5S2/c1-4-13-25(14-5-2)34(31,32)19-10-7-17(8-11-19)22(28)24-23-26(15-6-3)20-12-9-18(27(29)30)16-21(20)33-23/h4-12,16H,1-3,13-15H2. The molecule has 0 aliphatic heterocycles. The zero-order valence-electron chi connectivity index (χ0n) is 18.2. The Morgan fingerprint density at radius 2 is 1.74 bits per heavy atom. The van der Waals surface area contributed by atoms with E-state index in [-0.39, 0.29) is 29.2 Å². The van der Waals surface area contributed by atoms with Crippen LogP contribution in [-0.2, 0) is 16.6 Å². The first-order valence-electron chi connectivity index (χ1n) is 10.0. The molecule has 0 atom stereocenters. The van der Waals surface area contributed by atoms with Crippen molar-refractivity contribution in [3.63, 3.8) is 0 Å². The topological polar surface area (TPSA) is 115 Å². The smallest absolute Gasteiger partial charge is 0.279 e. The minimum Gasteiger partial charge on any atom is -0.312 e. The molecule has 0 spiro atoms. The molecule has 0 radical (unpaired) electrons. The molecular weight excluding hydrogens is 476 g/mol. The van der Waals surface area contributed by atoms with E-state index < -0.39 is 20.9 Å². The molecule has 1 amide bonds. The van der Waals surface area contributed by atoms with Gasteiger partial charge in [0.1, 0.15) is 0 Å². The van der Waals surface area contributed by atoms with Crippen LogP contribution >= 0.6 is 11.3 Å². The number of nitrogens with zero attached hydrogens (tertiary/aromatic N) is 4. The molecule has 34 heavy (non-hydrogen) atoms. The molecule has 0 bridgehead atoms. The van der Waals surface area contributed by atoms with E-state index in [0.29, 0.717) is 21.6 Å². The monoisotopic (exact) mass is 498 g/mol. The van der Waals surface area contributed by atoms with Crippen molar-refractivity contribution in [3.8, 4) is 0 Å². The third-order valence-electron chi connectivity index (χ3n) is 4.79. The van der Waals surface area contributed by atoms with Gasteiger partial charge in [-0.15, -0.1) is 19.7 Å². The number of thiazole rings is 1. The molecule has 9 nitrogen and oxygen atoms in total. The van der Waals surface area contributed by atoms with E-state index in [1.807, 2.05) is 0 Å². The molecular formula is C23H22N4O5S2. The molecule has 0 aliphatic carbocycles. The largest absolute Gasteiger partial charge is 0.312 e. The fourth-order valence-corrected chi connectivity index (χ4v) is 5.65. The van der Waals surface area contributed by atoms with Crippen molar-refractivity contribution >= 4 is 43.2 Å². The number of sulfonamides is 1. The van der Waals surface area contributed by atoms with Crippen LogP contribution in [0.15, 0.2) is 90.3 Å². The number of hydrogen-bond donors (Lipinski definition) is 0. The molecule has 3 rings (SSSR count). The van der Waals surface area contributed by atoms with Gasteiger partial charge in [-0.3, -0.25) is 14.9 Å². The van der Waals surface area contributed by atoms with Gasteiger partial charge in [0, 0.05) is 37.3 Å². The highest BCUT2D eigenvalue weighted by Gasteiger charge is 2.22. The number of nitro groups is 1. The number of non-ortho nitro benzene ring substituents is 1. The van der Waals surface area contributed by atoms with Crippen LogP contribution in [0, 0.1) is 10.1 Å². The first-order valence-corrected chi connectivity index (χ1v) is 12.3. The first-order chi connectivity index (χ1) is 16.2. The molecule has 0 fully saturated rings. The van der Waals surface area contributed by atoms with Crippen LogP contribution in [0.4, 0.5) is 5.69 Å². The highest BCUT2D eigenvalue weighted by Crippen LogP contribution is 2.23. The van der Waals surface area contributed by atoms with Crippen LogP contribution in [0.2, 0.25) is 0 Å². The second-order valence-corrected chi connectivity index (χ2v) is 9.98. The molecule has 0 saturated carbocycles. The summed E-state index contributed by atoms with van der Waals surface area (Å²) in [5.41, 5.74) is 0.829. The predicted octanol–water partition coefficient (Wildman–Crippen LogP) is 3.90. The highest BCUT2D eigenvalue weighted by molar-refractivity contribution is 7.89. The minimum absolute atomic E-state index is 0.0312. The maximum atomic E-state index is 12.8. The maximum Gasteiger partial charge on any atom is 0.279 e. The molecule has 0 N–H and O–H groups in total. The molecule has 0 saturated heterocycles. The van der Waals surface area contributed by atoms with Crippen LogP contribution in [0.5, 0.6) is 0 Å². The van der Waals surface area contributed by atoms with Crippen LogP contribution in [0.3, 0.4) is 0 Å².